The summed E-state index contributed by atoms with van der Waals surface area (Å²) in [4.78, 5) is 0. The van der Waals surface area contributed by atoms with Crippen molar-refractivity contribution in [1.82, 2.24) is 0 Å². The predicted molar refractivity (Wildman–Crippen MR) is 58.0 cm³/mol. The molecule has 14 heavy (non-hydrogen) atoms. The molecule has 3 heteroatoms. The molecule has 0 saturated carbocycles. The molecule has 0 fully saturated rings. The van der Waals surface area contributed by atoms with Crippen LogP contribution in [0.1, 0.15) is 23.7 Å². The molecule has 1 aromatic carbocycles. The zero-order chi connectivity index (χ0) is 11.0. The first-order valence-corrected chi connectivity index (χ1v) is 4.63. The second-order valence-corrected chi connectivity index (χ2v) is 3.01. The molecule has 0 bridgehead atoms. The molecule has 0 aromatic heterocycles. The average Bonchev–Trinajstić information content (AvgIpc) is 2.21. The van der Waals surface area contributed by atoms with Crippen LogP contribution in [0.3, 0.4) is 0 Å². The van der Waals surface area contributed by atoms with Crippen molar-refractivity contribution in [3.05, 3.63) is 35.4 Å². The van der Waals surface area contributed by atoms with Crippen molar-refractivity contribution in [2.45, 2.75) is 19.4 Å². The number of aryl methyl sites for hydroxylation is 1. The third-order valence-electron chi connectivity index (χ3n) is 1.87. The highest BCUT2D eigenvalue weighted by Gasteiger charge is 2.04. The lowest BCUT2D eigenvalue weighted by atomic mass is 10.0. The minimum Gasteiger partial charge on any atom is -0.400 e. The summed E-state index contributed by atoms with van der Waals surface area (Å²) in [7, 11) is 1.00. The summed E-state index contributed by atoms with van der Waals surface area (Å²) in [5, 5.41) is 16.6. The largest absolute Gasteiger partial charge is 0.400 e. The van der Waals surface area contributed by atoms with Gasteiger partial charge in [-0.3, -0.25) is 0 Å². The van der Waals surface area contributed by atoms with E-state index in [0.29, 0.717) is 13.0 Å². The minimum atomic E-state index is -0.408. The van der Waals surface area contributed by atoms with Gasteiger partial charge in [0.1, 0.15) is 0 Å². The maximum absolute atomic E-state index is 9.56. The molecule has 80 valence electrons. The lowest BCUT2D eigenvalue weighted by molar-refractivity contribution is 0.170. The maximum Gasteiger partial charge on any atom is 0.0802 e. The van der Waals surface area contributed by atoms with Gasteiger partial charge in [0.25, 0.3) is 0 Å². The summed E-state index contributed by atoms with van der Waals surface area (Å²) < 4.78 is 0. The summed E-state index contributed by atoms with van der Waals surface area (Å²) in [6.07, 6.45) is 0.221. The standard InChI is InChI=1S/C10H15NO.CH4O/c1-8-3-2-4-9(7-8)10(12)5-6-11;1-2/h2-4,7,10,12H,5-6,11H2,1H3;2H,1H3. The Morgan fingerprint density at radius 1 is 1.36 bits per heavy atom. The van der Waals surface area contributed by atoms with E-state index in [9.17, 15) is 5.11 Å². The van der Waals surface area contributed by atoms with Crippen molar-refractivity contribution in [1.29, 1.82) is 0 Å². The van der Waals surface area contributed by atoms with Gasteiger partial charge in [0, 0.05) is 7.11 Å². The summed E-state index contributed by atoms with van der Waals surface area (Å²) in [5.41, 5.74) is 7.47. The lowest BCUT2D eigenvalue weighted by Gasteiger charge is -2.09. The van der Waals surface area contributed by atoms with Crippen LogP contribution in [0.5, 0.6) is 0 Å². The second-order valence-electron chi connectivity index (χ2n) is 3.01. The van der Waals surface area contributed by atoms with Crippen LogP contribution in [0.2, 0.25) is 0 Å². The molecular weight excluding hydrogens is 178 g/mol. The van der Waals surface area contributed by atoms with E-state index in [1.54, 1.807) is 0 Å². The van der Waals surface area contributed by atoms with Gasteiger partial charge >= 0.3 is 0 Å². The Bertz CT molecular complexity index is 251. The van der Waals surface area contributed by atoms with Crippen LogP contribution < -0.4 is 5.73 Å². The van der Waals surface area contributed by atoms with Crippen LogP contribution in [-0.4, -0.2) is 23.9 Å². The van der Waals surface area contributed by atoms with Gasteiger partial charge in [-0.2, -0.15) is 0 Å². The molecule has 1 rings (SSSR count). The van der Waals surface area contributed by atoms with Crippen molar-refractivity contribution in [3.8, 4) is 0 Å². The summed E-state index contributed by atoms with van der Waals surface area (Å²) >= 11 is 0. The van der Waals surface area contributed by atoms with E-state index in [2.05, 4.69) is 0 Å². The fourth-order valence-electron chi connectivity index (χ4n) is 1.20. The van der Waals surface area contributed by atoms with E-state index in [1.165, 1.54) is 5.56 Å². The number of rotatable bonds is 3. The first kappa shape index (κ1) is 13.1. The number of aliphatic hydroxyl groups excluding tert-OH is 2. The fourth-order valence-corrected chi connectivity index (χ4v) is 1.20. The normalized spacial score (nSPS) is 11.5. The van der Waals surface area contributed by atoms with E-state index >= 15 is 0 Å². The molecule has 1 atom stereocenters. The zero-order valence-electron chi connectivity index (χ0n) is 8.77. The van der Waals surface area contributed by atoms with Crippen LogP contribution in [0.4, 0.5) is 0 Å². The van der Waals surface area contributed by atoms with Gasteiger partial charge < -0.3 is 15.9 Å². The Hall–Kier alpha value is -0.900. The quantitative estimate of drug-likeness (QED) is 0.677. The van der Waals surface area contributed by atoms with Crippen LogP contribution in [0.25, 0.3) is 0 Å². The number of hydrogen-bond acceptors (Lipinski definition) is 3. The van der Waals surface area contributed by atoms with Gasteiger partial charge in [0.2, 0.25) is 0 Å². The molecule has 3 nitrogen and oxygen atoms in total. The van der Waals surface area contributed by atoms with Crippen LogP contribution in [-0.2, 0) is 0 Å². The highest BCUT2D eigenvalue weighted by atomic mass is 16.3. The van der Waals surface area contributed by atoms with E-state index < -0.39 is 6.10 Å². The van der Waals surface area contributed by atoms with E-state index in [0.717, 1.165) is 12.7 Å². The van der Waals surface area contributed by atoms with Crippen molar-refractivity contribution >= 4 is 0 Å². The van der Waals surface area contributed by atoms with Crippen molar-refractivity contribution in [2.24, 2.45) is 5.73 Å². The molecule has 0 saturated heterocycles. The van der Waals surface area contributed by atoms with Crippen molar-refractivity contribution in [2.75, 3.05) is 13.7 Å². The molecule has 0 amide bonds. The van der Waals surface area contributed by atoms with Crippen molar-refractivity contribution in [3.63, 3.8) is 0 Å². The van der Waals surface area contributed by atoms with Crippen molar-refractivity contribution < 1.29 is 10.2 Å². The monoisotopic (exact) mass is 197 g/mol. The highest BCUT2D eigenvalue weighted by Crippen LogP contribution is 2.16. The number of aliphatic hydroxyl groups is 2. The smallest absolute Gasteiger partial charge is 0.0802 e. The van der Waals surface area contributed by atoms with E-state index in [4.69, 9.17) is 10.8 Å². The molecule has 0 aliphatic heterocycles. The topological polar surface area (TPSA) is 66.5 Å². The number of nitrogens with two attached hydrogens (primary N) is 1. The van der Waals surface area contributed by atoms with Gasteiger partial charge in [-0.25, -0.2) is 0 Å². The first-order chi connectivity index (χ1) is 6.74. The maximum atomic E-state index is 9.56. The molecule has 0 radical (unpaired) electrons. The summed E-state index contributed by atoms with van der Waals surface area (Å²) in [6.45, 7) is 2.54. The average molecular weight is 197 g/mol. The molecule has 0 heterocycles. The highest BCUT2D eigenvalue weighted by molar-refractivity contribution is 5.23. The predicted octanol–water partition coefficient (Wildman–Crippen LogP) is 0.986. The van der Waals surface area contributed by atoms with Crippen LogP contribution in [0.15, 0.2) is 24.3 Å². The Labute approximate surface area is 85.2 Å². The SMILES string of the molecule is CO.Cc1cccc(C(O)CCN)c1. The molecule has 1 aromatic rings. The Kier molecular flexibility index (Phi) is 7.02. The first-order valence-electron chi connectivity index (χ1n) is 4.63. The molecular formula is C11H19NO2. The van der Waals surface area contributed by atoms with Crippen LogP contribution >= 0.6 is 0 Å². The minimum absolute atomic E-state index is 0.408. The summed E-state index contributed by atoms with van der Waals surface area (Å²) in [6, 6.07) is 7.87. The number of benzene rings is 1. The Balaban J connectivity index is 0.000000791. The molecule has 0 spiro atoms. The van der Waals surface area contributed by atoms with Gasteiger partial charge in [0.05, 0.1) is 6.10 Å². The molecule has 0 aliphatic rings. The third kappa shape index (κ3) is 4.37. The Morgan fingerprint density at radius 2 is 2.00 bits per heavy atom. The van der Waals surface area contributed by atoms with E-state index in [-0.39, 0.29) is 0 Å². The molecule has 1 unspecified atom stereocenters. The number of hydrogen-bond donors (Lipinski definition) is 3. The molecule has 4 N–H and O–H groups in total. The summed E-state index contributed by atoms with van der Waals surface area (Å²) in [5.74, 6) is 0. The van der Waals surface area contributed by atoms with Gasteiger partial charge in [-0.1, -0.05) is 29.8 Å². The van der Waals surface area contributed by atoms with Crippen LogP contribution in [0, 0.1) is 6.92 Å². The third-order valence-corrected chi connectivity index (χ3v) is 1.87. The molecule has 0 aliphatic carbocycles. The van der Waals surface area contributed by atoms with Gasteiger partial charge in [-0.05, 0) is 25.5 Å². The fraction of sp³-hybridized carbons (Fsp3) is 0.455. The van der Waals surface area contributed by atoms with Gasteiger partial charge in [-0.15, -0.1) is 0 Å². The zero-order valence-corrected chi connectivity index (χ0v) is 8.77. The lowest BCUT2D eigenvalue weighted by Crippen LogP contribution is -2.06. The second kappa shape index (κ2) is 7.50. The Morgan fingerprint density at radius 3 is 2.50 bits per heavy atom. The van der Waals surface area contributed by atoms with E-state index in [1.807, 2.05) is 31.2 Å². The van der Waals surface area contributed by atoms with Gasteiger partial charge in [0.15, 0.2) is 0 Å².